The summed E-state index contributed by atoms with van der Waals surface area (Å²) in [6.45, 7) is 0. The average molecular weight is 180 g/mol. The van der Waals surface area contributed by atoms with Gasteiger partial charge in [-0.1, -0.05) is 18.2 Å². The zero-order valence-electron chi connectivity index (χ0n) is 5.08. The molecule has 1 rings (SSSR count). The number of hydrogen-bond acceptors (Lipinski definition) is 2. The quantitative estimate of drug-likeness (QED) is 0.604. The molecule has 0 aromatic heterocycles. The van der Waals surface area contributed by atoms with E-state index in [0.717, 1.165) is 0 Å². The fourth-order valence-electron chi connectivity index (χ4n) is 0.619. The summed E-state index contributed by atoms with van der Waals surface area (Å²) in [5, 5.41) is 0. The van der Waals surface area contributed by atoms with Crippen molar-refractivity contribution in [3.63, 3.8) is 0 Å². The molecule has 0 aliphatic rings. The van der Waals surface area contributed by atoms with Gasteiger partial charge in [-0.15, -0.1) is 0 Å². The Labute approximate surface area is 106 Å². The molecule has 0 radical (unpaired) electrons. The molecule has 11 heavy (non-hydrogen) atoms. The number of halogens is 1. The fourth-order valence-corrected chi connectivity index (χ4v) is 0.619. The Morgan fingerprint density at radius 3 is 2.27 bits per heavy atom. The number of hydrogen-bond donors (Lipinski definition) is 0. The molecule has 54 valence electrons. The Hall–Kier alpha value is 0.256. The molecule has 0 heterocycles. The van der Waals surface area contributed by atoms with Crippen LogP contribution in [0.25, 0.3) is 0 Å². The molecule has 1 aromatic rings. The molecule has 0 fully saturated rings. The molecule has 0 saturated carbocycles. The van der Waals surface area contributed by atoms with E-state index in [1.54, 1.807) is 18.2 Å². The molecule has 4 heteroatoms. The minimum absolute atomic E-state index is 0. The standard InChI is InChI=1S/C7H5FO2.K.H/c8-10-7(9)6-4-2-1-3-5-6;;/h1-5H;;. The zero-order chi connectivity index (χ0) is 7.40. The maximum absolute atomic E-state index is 11.2. The van der Waals surface area contributed by atoms with Crippen molar-refractivity contribution < 1.29 is 14.3 Å². The normalized spacial score (nSPS) is 8.09. The van der Waals surface area contributed by atoms with Gasteiger partial charge in [0.1, 0.15) is 0 Å². The summed E-state index contributed by atoms with van der Waals surface area (Å²) >= 11 is 0. The summed E-state index contributed by atoms with van der Waals surface area (Å²) in [5.74, 6) is -0.958. The molecule has 0 N–H and O–H groups in total. The third-order valence-electron chi connectivity index (χ3n) is 1.08. The molecule has 1 aromatic carbocycles. The first-order chi connectivity index (χ1) is 4.84. The summed E-state index contributed by atoms with van der Waals surface area (Å²) in [5.41, 5.74) is 0.213. The van der Waals surface area contributed by atoms with Crippen molar-refractivity contribution in [1.82, 2.24) is 0 Å². The van der Waals surface area contributed by atoms with E-state index in [1.807, 2.05) is 0 Å². The van der Waals surface area contributed by atoms with Crippen molar-refractivity contribution in [2.75, 3.05) is 0 Å². The van der Waals surface area contributed by atoms with E-state index >= 15 is 0 Å². The van der Waals surface area contributed by atoms with Crippen LogP contribution in [0.5, 0.6) is 0 Å². The summed E-state index contributed by atoms with van der Waals surface area (Å²) < 4.78 is 11.2. The van der Waals surface area contributed by atoms with Crippen molar-refractivity contribution in [2.24, 2.45) is 0 Å². The van der Waals surface area contributed by atoms with Gasteiger partial charge in [0.05, 0.1) is 5.56 Å². The molecule has 0 aliphatic heterocycles. The van der Waals surface area contributed by atoms with Crippen LogP contribution in [-0.2, 0) is 4.94 Å². The van der Waals surface area contributed by atoms with Crippen molar-refractivity contribution in [1.29, 1.82) is 0 Å². The topological polar surface area (TPSA) is 26.3 Å². The van der Waals surface area contributed by atoms with E-state index in [-0.39, 0.29) is 56.9 Å². The molecule has 0 unspecified atom stereocenters. The molecule has 0 bridgehead atoms. The minimum atomic E-state index is -0.958. The maximum atomic E-state index is 11.2. The summed E-state index contributed by atoms with van der Waals surface area (Å²) in [6, 6.07) is 7.94. The van der Waals surface area contributed by atoms with Crippen LogP contribution >= 0.6 is 0 Å². The van der Waals surface area contributed by atoms with Crippen molar-refractivity contribution >= 4 is 57.4 Å². The van der Waals surface area contributed by atoms with Crippen LogP contribution < -0.4 is 0 Å². The van der Waals surface area contributed by atoms with Crippen molar-refractivity contribution in [3.8, 4) is 0 Å². The van der Waals surface area contributed by atoms with Crippen LogP contribution in [0.4, 0.5) is 4.53 Å². The van der Waals surface area contributed by atoms with Crippen LogP contribution in [-0.4, -0.2) is 57.4 Å². The van der Waals surface area contributed by atoms with E-state index in [4.69, 9.17) is 0 Å². The van der Waals surface area contributed by atoms with Gasteiger partial charge in [0, 0.05) is 4.53 Å². The van der Waals surface area contributed by atoms with Gasteiger partial charge in [-0.3, -0.25) is 0 Å². The molecule has 2 nitrogen and oxygen atoms in total. The average Bonchev–Trinajstić information content (AvgIpc) is 2.05. The molecule has 0 spiro atoms. The molecular weight excluding hydrogens is 174 g/mol. The van der Waals surface area contributed by atoms with E-state index in [1.165, 1.54) is 12.1 Å². The Morgan fingerprint density at radius 2 is 1.82 bits per heavy atom. The van der Waals surface area contributed by atoms with Crippen molar-refractivity contribution in [3.05, 3.63) is 35.9 Å². The van der Waals surface area contributed by atoms with Gasteiger partial charge in [-0.25, -0.2) is 9.74 Å². The van der Waals surface area contributed by atoms with Crippen LogP contribution in [0.2, 0.25) is 0 Å². The third kappa shape index (κ3) is 3.44. The van der Waals surface area contributed by atoms with Gasteiger partial charge in [0.15, 0.2) is 0 Å². The molecule has 0 saturated heterocycles. The van der Waals surface area contributed by atoms with Gasteiger partial charge < -0.3 is 0 Å². The zero-order valence-corrected chi connectivity index (χ0v) is 5.08. The second-order valence-electron chi connectivity index (χ2n) is 1.73. The molecule has 0 atom stereocenters. The van der Waals surface area contributed by atoms with E-state index in [0.29, 0.717) is 0 Å². The number of benzene rings is 1. The van der Waals surface area contributed by atoms with Crippen LogP contribution in [0.3, 0.4) is 0 Å². The Kier molecular flexibility index (Phi) is 5.99. The van der Waals surface area contributed by atoms with Gasteiger partial charge >= 0.3 is 57.4 Å². The van der Waals surface area contributed by atoms with E-state index < -0.39 is 5.97 Å². The predicted octanol–water partition coefficient (Wildman–Crippen LogP) is 1.08. The van der Waals surface area contributed by atoms with Gasteiger partial charge in [0.25, 0.3) is 0 Å². The van der Waals surface area contributed by atoms with Crippen molar-refractivity contribution in [2.45, 2.75) is 0 Å². The number of carbonyl (C=O) groups is 1. The second-order valence-corrected chi connectivity index (χ2v) is 1.73. The van der Waals surface area contributed by atoms with Crippen LogP contribution in [0.15, 0.2) is 30.3 Å². The SMILES string of the molecule is O=C(OF)c1ccccc1.[KH]. The first kappa shape index (κ1) is 11.3. The first-order valence-electron chi connectivity index (χ1n) is 2.72. The Bertz CT molecular complexity index is 225. The fraction of sp³-hybridized carbons (Fsp3) is 0. The van der Waals surface area contributed by atoms with Gasteiger partial charge in [0.2, 0.25) is 0 Å². The monoisotopic (exact) mass is 180 g/mol. The first-order valence-corrected chi connectivity index (χ1v) is 2.72. The van der Waals surface area contributed by atoms with Crippen LogP contribution in [0.1, 0.15) is 10.4 Å². The summed E-state index contributed by atoms with van der Waals surface area (Å²) in [4.78, 5) is 13.4. The molecule has 0 amide bonds. The third-order valence-corrected chi connectivity index (χ3v) is 1.08. The Morgan fingerprint density at radius 1 is 1.27 bits per heavy atom. The van der Waals surface area contributed by atoms with E-state index in [9.17, 15) is 9.32 Å². The molecular formula is C7H6FKO2. The number of carbonyl (C=O) groups excluding carboxylic acids is 1. The van der Waals surface area contributed by atoms with Crippen LogP contribution in [0, 0.1) is 0 Å². The predicted molar refractivity (Wildman–Crippen MR) is 40.1 cm³/mol. The number of rotatable bonds is 1. The summed E-state index contributed by atoms with van der Waals surface area (Å²) in [6.07, 6.45) is 0. The van der Waals surface area contributed by atoms with Gasteiger partial charge in [-0.05, 0) is 12.1 Å². The molecule has 0 aliphatic carbocycles. The second kappa shape index (κ2) is 5.85. The van der Waals surface area contributed by atoms with E-state index in [2.05, 4.69) is 4.94 Å². The Balaban J connectivity index is 0.000001000. The van der Waals surface area contributed by atoms with Gasteiger partial charge in [-0.2, -0.15) is 0 Å². The summed E-state index contributed by atoms with van der Waals surface area (Å²) in [7, 11) is 0.